The second-order valence-electron chi connectivity index (χ2n) is 9.29. The average Bonchev–Trinajstić information content (AvgIpc) is 3.19. The maximum absolute atomic E-state index is 13.1. The van der Waals surface area contributed by atoms with E-state index >= 15 is 0 Å². The topological polar surface area (TPSA) is 102 Å². The molecule has 3 heterocycles. The minimum absolute atomic E-state index is 0.0597. The molecule has 2 amide bonds. The number of carbonyl (C=O) groups is 1. The van der Waals surface area contributed by atoms with Gasteiger partial charge in [-0.05, 0) is 48.9 Å². The number of benzene rings is 2. The summed E-state index contributed by atoms with van der Waals surface area (Å²) in [6, 6.07) is 15.6. The second-order valence-corrected chi connectivity index (χ2v) is 9.29. The highest BCUT2D eigenvalue weighted by molar-refractivity contribution is 5.95. The van der Waals surface area contributed by atoms with Gasteiger partial charge < -0.3 is 19.7 Å². The molecule has 1 aromatic heterocycles. The molecule has 3 aromatic rings. The average molecular weight is 500 g/mol. The van der Waals surface area contributed by atoms with E-state index in [1.807, 2.05) is 43.3 Å². The van der Waals surface area contributed by atoms with Gasteiger partial charge in [-0.25, -0.2) is 9.78 Å². The fourth-order valence-electron chi connectivity index (χ4n) is 4.60. The van der Waals surface area contributed by atoms with Crippen molar-refractivity contribution in [2.75, 3.05) is 37.7 Å². The molecule has 1 unspecified atom stereocenters. The summed E-state index contributed by atoms with van der Waals surface area (Å²) < 4.78 is 5.41. The van der Waals surface area contributed by atoms with Crippen LogP contribution in [-0.4, -0.2) is 69.8 Å². The van der Waals surface area contributed by atoms with Gasteiger partial charge in [0.1, 0.15) is 5.69 Å². The van der Waals surface area contributed by atoms with Crippen LogP contribution in [0.2, 0.25) is 0 Å². The molecule has 0 bridgehead atoms. The molecular weight excluding hydrogens is 470 g/mol. The lowest BCUT2D eigenvalue weighted by atomic mass is 10.1. The third-order valence-electron chi connectivity index (χ3n) is 6.61. The lowest BCUT2D eigenvalue weighted by molar-refractivity contribution is 0.0342. The zero-order valence-corrected chi connectivity index (χ0v) is 20.7. The van der Waals surface area contributed by atoms with E-state index in [2.05, 4.69) is 38.8 Å². The Bertz CT molecular complexity index is 1370. The summed E-state index contributed by atoms with van der Waals surface area (Å²) in [7, 11) is 0. The standard InChI is InChI=1S/C28H29N5O4/c1-20-16-32(18-25-26(34)27(35)30-19-29-25)28(36)33(20)24-10-8-22(9-11-24)3-2-21-4-6-23(7-5-21)17-31-12-14-37-15-13-31/h4-11,19-20,34H,12-18H2,1H3,(H,29,30,35). The quantitative estimate of drug-likeness (QED) is 0.523. The fourth-order valence-corrected chi connectivity index (χ4v) is 4.60. The van der Waals surface area contributed by atoms with Crippen LogP contribution < -0.4 is 10.5 Å². The SMILES string of the molecule is CC1CN(Cc2nc[nH]c(=O)c2O)C(=O)N1c1ccc(C#Cc2ccc(CN3CCOCC3)cc2)cc1. The van der Waals surface area contributed by atoms with Gasteiger partial charge >= 0.3 is 6.03 Å². The first-order valence-corrected chi connectivity index (χ1v) is 12.3. The molecule has 2 aliphatic heterocycles. The molecule has 5 rings (SSSR count). The Balaban J connectivity index is 1.22. The minimum atomic E-state index is -0.623. The van der Waals surface area contributed by atoms with Crippen LogP contribution in [0, 0.1) is 11.8 Å². The van der Waals surface area contributed by atoms with Gasteiger partial charge in [-0.2, -0.15) is 0 Å². The molecule has 2 fully saturated rings. The molecule has 1 atom stereocenters. The third kappa shape index (κ3) is 5.66. The van der Waals surface area contributed by atoms with Gasteiger partial charge in [0.05, 0.1) is 32.1 Å². The number of rotatable bonds is 5. The summed E-state index contributed by atoms with van der Waals surface area (Å²) in [4.78, 5) is 36.7. The summed E-state index contributed by atoms with van der Waals surface area (Å²) in [6.45, 7) is 6.91. The molecule has 2 aliphatic rings. The van der Waals surface area contributed by atoms with Crippen molar-refractivity contribution in [3.8, 4) is 17.6 Å². The van der Waals surface area contributed by atoms with Crippen LogP contribution in [0.25, 0.3) is 0 Å². The molecule has 2 saturated heterocycles. The molecule has 190 valence electrons. The van der Waals surface area contributed by atoms with E-state index in [1.165, 1.54) is 11.9 Å². The smallest absolute Gasteiger partial charge is 0.325 e. The van der Waals surface area contributed by atoms with E-state index < -0.39 is 11.3 Å². The monoisotopic (exact) mass is 499 g/mol. The first-order chi connectivity index (χ1) is 18.0. The number of hydrogen-bond donors (Lipinski definition) is 2. The van der Waals surface area contributed by atoms with Crippen LogP contribution in [0.3, 0.4) is 0 Å². The molecule has 0 spiro atoms. The first kappa shape index (κ1) is 24.6. The van der Waals surface area contributed by atoms with Gasteiger partial charge in [0.2, 0.25) is 5.75 Å². The summed E-state index contributed by atoms with van der Waals surface area (Å²) in [5.74, 6) is 5.95. The number of amides is 2. The number of aromatic nitrogens is 2. The number of hydrogen-bond acceptors (Lipinski definition) is 6. The highest BCUT2D eigenvalue weighted by Crippen LogP contribution is 2.26. The number of carbonyl (C=O) groups excluding carboxylic acids is 1. The number of ether oxygens (including phenoxy) is 1. The molecule has 0 aliphatic carbocycles. The Kier molecular flexibility index (Phi) is 7.21. The molecule has 2 N–H and O–H groups in total. The maximum atomic E-state index is 13.1. The number of aromatic hydroxyl groups is 1. The molecule has 9 nitrogen and oxygen atoms in total. The Hall–Kier alpha value is -4.13. The molecule has 0 saturated carbocycles. The lowest BCUT2D eigenvalue weighted by Gasteiger charge is -2.26. The van der Waals surface area contributed by atoms with E-state index in [-0.39, 0.29) is 24.3 Å². The van der Waals surface area contributed by atoms with E-state index in [0.29, 0.717) is 6.54 Å². The molecule has 2 aromatic carbocycles. The minimum Gasteiger partial charge on any atom is -0.502 e. The van der Waals surface area contributed by atoms with Gasteiger partial charge in [-0.3, -0.25) is 14.6 Å². The van der Waals surface area contributed by atoms with Crippen LogP contribution in [0.15, 0.2) is 59.7 Å². The molecule has 0 radical (unpaired) electrons. The van der Waals surface area contributed by atoms with Crippen LogP contribution in [0.1, 0.15) is 29.3 Å². The summed E-state index contributed by atoms with van der Waals surface area (Å²) in [6.07, 6.45) is 1.22. The van der Waals surface area contributed by atoms with E-state index in [0.717, 1.165) is 49.7 Å². The zero-order chi connectivity index (χ0) is 25.8. The summed E-state index contributed by atoms with van der Waals surface area (Å²) in [5, 5.41) is 9.96. The molecular formula is C28H29N5O4. The number of H-pyrrole nitrogens is 1. The molecule has 37 heavy (non-hydrogen) atoms. The maximum Gasteiger partial charge on any atom is 0.325 e. The fraction of sp³-hybridized carbons (Fsp3) is 0.321. The van der Waals surface area contributed by atoms with Gasteiger partial charge in [0, 0.05) is 43.0 Å². The third-order valence-corrected chi connectivity index (χ3v) is 6.61. The Morgan fingerprint density at radius 2 is 1.65 bits per heavy atom. The van der Waals surface area contributed by atoms with E-state index in [4.69, 9.17) is 4.74 Å². The summed E-state index contributed by atoms with van der Waals surface area (Å²) >= 11 is 0. The van der Waals surface area contributed by atoms with Crippen molar-refractivity contribution in [2.45, 2.75) is 26.1 Å². The number of nitrogens with zero attached hydrogens (tertiary/aromatic N) is 4. The van der Waals surface area contributed by atoms with Gasteiger partial charge in [-0.1, -0.05) is 24.0 Å². The second kappa shape index (κ2) is 10.9. The normalized spacial score (nSPS) is 18.1. The zero-order valence-electron chi connectivity index (χ0n) is 20.7. The lowest BCUT2D eigenvalue weighted by Crippen LogP contribution is -2.35. The van der Waals surface area contributed by atoms with Crippen molar-refractivity contribution in [1.82, 2.24) is 19.8 Å². The Morgan fingerprint density at radius 1 is 1.00 bits per heavy atom. The first-order valence-electron chi connectivity index (χ1n) is 12.3. The molecule has 9 heteroatoms. The number of morpholine rings is 1. The van der Waals surface area contributed by atoms with Crippen molar-refractivity contribution >= 4 is 11.7 Å². The highest BCUT2D eigenvalue weighted by atomic mass is 16.5. The highest BCUT2D eigenvalue weighted by Gasteiger charge is 2.36. The predicted molar refractivity (Wildman–Crippen MR) is 139 cm³/mol. The van der Waals surface area contributed by atoms with Crippen molar-refractivity contribution in [2.24, 2.45) is 0 Å². The van der Waals surface area contributed by atoms with Gasteiger partial charge in [0.15, 0.2) is 0 Å². The van der Waals surface area contributed by atoms with Crippen molar-refractivity contribution in [3.63, 3.8) is 0 Å². The predicted octanol–water partition coefficient (Wildman–Crippen LogP) is 2.54. The van der Waals surface area contributed by atoms with Crippen LogP contribution >= 0.6 is 0 Å². The van der Waals surface area contributed by atoms with Gasteiger partial charge in [-0.15, -0.1) is 0 Å². The van der Waals surface area contributed by atoms with Crippen LogP contribution in [0.4, 0.5) is 10.5 Å². The van der Waals surface area contributed by atoms with Crippen molar-refractivity contribution < 1.29 is 14.6 Å². The largest absolute Gasteiger partial charge is 0.502 e. The van der Waals surface area contributed by atoms with Crippen molar-refractivity contribution in [3.05, 3.63) is 87.6 Å². The Labute approximate surface area is 215 Å². The number of urea groups is 1. The van der Waals surface area contributed by atoms with Crippen LogP contribution in [-0.2, 0) is 17.8 Å². The van der Waals surface area contributed by atoms with E-state index in [9.17, 15) is 14.7 Å². The number of aromatic amines is 1. The van der Waals surface area contributed by atoms with Crippen molar-refractivity contribution in [1.29, 1.82) is 0 Å². The van der Waals surface area contributed by atoms with Gasteiger partial charge in [0.25, 0.3) is 5.56 Å². The number of nitrogens with one attached hydrogen (secondary N) is 1. The van der Waals surface area contributed by atoms with E-state index in [1.54, 1.807) is 9.80 Å². The Morgan fingerprint density at radius 3 is 2.32 bits per heavy atom. The number of anilines is 1. The van der Waals surface area contributed by atoms with Crippen LogP contribution in [0.5, 0.6) is 5.75 Å². The summed E-state index contributed by atoms with van der Waals surface area (Å²) in [5.41, 5.74) is 3.38.